The highest BCUT2D eigenvalue weighted by Crippen LogP contribution is 2.17. The first-order chi connectivity index (χ1) is 14.1. The average Bonchev–Trinajstić information content (AvgIpc) is 2.78. The molecule has 29 heavy (non-hydrogen) atoms. The normalized spacial score (nSPS) is 13.9. The first kappa shape index (κ1) is 20.6. The maximum absolute atomic E-state index is 12.8. The molecule has 0 spiro atoms. The average molecular weight is 396 g/mol. The van der Waals surface area contributed by atoms with E-state index in [2.05, 4.69) is 28.9 Å². The monoisotopic (exact) mass is 396 g/mol. The zero-order valence-corrected chi connectivity index (χ0v) is 17.1. The van der Waals surface area contributed by atoms with Gasteiger partial charge in [0.2, 0.25) is 0 Å². The molecule has 1 aromatic carbocycles. The molecular weight excluding hydrogens is 368 g/mol. The molecule has 1 saturated heterocycles. The Labute approximate surface area is 171 Å². The van der Waals surface area contributed by atoms with Crippen LogP contribution in [0.4, 0.5) is 10.5 Å². The molecule has 1 aromatic heterocycles. The fourth-order valence-corrected chi connectivity index (χ4v) is 3.36. The number of amides is 2. The van der Waals surface area contributed by atoms with Crippen molar-refractivity contribution in [3.05, 3.63) is 59.9 Å². The Morgan fingerprint density at radius 1 is 1.00 bits per heavy atom. The van der Waals surface area contributed by atoms with Gasteiger partial charge in [-0.2, -0.15) is 0 Å². The maximum Gasteiger partial charge on any atom is 0.409 e. The van der Waals surface area contributed by atoms with Crippen molar-refractivity contribution in [3.63, 3.8) is 0 Å². The minimum Gasteiger partial charge on any atom is -0.450 e. The summed E-state index contributed by atoms with van der Waals surface area (Å²) >= 11 is 0. The van der Waals surface area contributed by atoms with Gasteiger partial charge >= 0.3 is 6.09 Å². The summed E-state index contributed by atoms with van der Waals surface area (Å²) in [4.78, 5) is 34.5. The molecule has 154 valence electrons. The van der Waals surface area contributed by atoms with Crippen molar-refractivity contribution < 1.29 is 14.3 Å². The number of benzene rings is 1. The maximum atomic E-state index is 12.8. The van der Waals surface area contributed by atoms with Gasteiger partial charge in [0.25, 0.3) is 5.91 Å². The summed E-state index contributed by atoms with van der Waals surface area (Å²) in [5.41, 5.74) is 2.64. The summed E-state index contributed by atoms with van der Waals surface area (Å²) in [6.45, 7) is 7.80. The largest absolute Gasteiger partial charge is 0.450 e. The van der Waals surface area contributed by atoms with E-state index >= 15 is 0 Å². The van der Waals surface area contributed by atoms with Crippen LogP contribution in [-0.4, -0.2) is 66.1 Å². The molecule has 2 heterocycles. The molecule has 0 atom stereocenters. The number of aromatic nitrogens is 1. The van der Waals surface area contributed by atoms with Crippen molar-refractivity contribution >= 4 is 17.7 Å². The third kappa shape index (κ3) is 5.25. The number of carbonyl (C=O) groups is 2. The van der Waals surface area contributed by atoms with E-state index in [-0.39, 0.29) is 12.0 Å². The number of pyridine rings is 1. The van der Waals surface area contributed by atoms with Crippen molar-refractivity contribution in [2.75, 3.05) is 44.2 Å². The van der Waals surface area contributed by atoms with Gasteiger partial charge in [0, 0.05) is 39.3 Å². The second-order valence-electron chi connectivity index (χ2n) is 6.88. The predicted octanol–water partition coefficient (Wildman–Crippen LogP) is 3.02. The van der Waals surface area contributed by atoms with Gasteiger partial charge in [0.15, 0.2) is 0 Å². The first-order valence-corrected chi connectivity index (χ1v) is 10.1. The summed E-state index contributed by atoms with van der Waals surface area (Å²) in [5, 5.41) is 0. The van der Waals surface area contributed by atoms with E-state index in [1.807, 2.05) is 24.3 Å². The molecule has 0 bridgehead atoms. The second kappa shape index (κ2) is 9.91. The molecule has 1 aliphatic rings. The Morgan fingerprint density at radius 2 is 1.69 bits per heavy atom. The van der Waals surface area contributed by atoms with Crippen LogP contribution in [0.15, 0.2) is 48.7 Å². The number of anilines is 1. The zero-order chi connectivity index (χ0) is 20.6. The van der Waals surface area contributed by atoms with Crippen LogP contribution >= 0.6 is 0 Å². The summed E-state index contributed by atoms with van der Waals surface area (Å²) in [5.74, 6) is -0.105. The molecule has 1 fully saturated rings. The fourth-order valence-electron chi connectivity index (χ4n) is 3.36. The fraction of sp³-hybridized carbons (Fsp3) is 0.409. The summed E-state index contributed by atoms with van der Waals surface area (Å²) in [6.07, 6.45) is 1.44. The lowest BCUT2D eigenvalue weighted by Crippen LogP contribution is -2.50. The zero-order valence-electron chi connectivity index (χ0n) is 17.1. The number of piperazine rings is 1. The topological polar surface area (TPSA) is 66.0 Å². The number of carbonyl (C=O) groups excluding carboxylic acids is 2. The Hall–Kier alpha value is -3.09. The van der Waals surface area contributed by atoms with Gasteiger partial charge in [-0.05, 0) is 31.5 Å². The highest BCUT2D eigenvalue weighted by Gasteiger charge is 2.26. The van der Waals surface area contributed by atoms with Gasteiger partial charge in [0.1, 0.15) is 5.69 Å². The standard InChI is InChI=1S/C22H28N4O3/c1-3-24(17-18-8-6-5-7-9-18)19-10-11-20(23-16-19)21(27)25-12-14-26(15-13-25)22(28)29-4-2/h5-11,16H,3-4,12-15,17H2,1-2H3. The lowest BCUT2D eigenvalue weighted by molar-refractivity contribution is 0.0566. The molecule has 7 heteroatoms. The van der Waals surface area contributed by atoms with Gasteiger partial charge in [-0.15, -0.1) is 0 Å². The van der Waals surface area contributed by atoms with Crippen molar-refractivity contribution in [1.29, 1.82) is 0 Å². The first-order valence-electron chi connectivity index (χ1n) is 10.1. The molecule has 0 unspecified atom stereocenters. The van der Waals surface area contributed by atoms with Gasteiger partial charge in [-0.25, -0.2) is 9.78 Å². The number of nitrogens with zero attached hydrogens (tertiary/aromatic N) is 4. The molecule has 2 aromatic rings. The highest BCUT2D eigenvalue weighted by atomic mass is 16.6. The van der Waals surface area contributed by atoms with Crippen molar-refractivity contribution in [3.8, 4) is 0 Å². The third-order valence-corrected chi connectivity index (χ3v) is 5.02. The predicted molar refractivity (Wildman–Crippen MR) is 112 cm³/mol. The lowest BCUT2D eigenvalue weighted by Gasteiger charge is -2.33. The van der Waals surface area contributed by atoms with Crippen molar-refractivity contribution in [1.82, 2.24) is 14.8 Å². The van der Waals surface area contributed by atoms with Crippen molar-refractivity contribution in [2.24, 2.45) is 0 Å². The smallest absolute Gasteiger partial charge is 0.409 e. The van der Waals surface area contributed by atoms with E-state index < -0.39 is 0 Å². The number of hydrogen-bond donors (Lipinski definition) is 0. The highest BCUT2D eigenvalue weighted by molar-refractivity contribution is 5.92. The van der Waals surface area contributed by atoms with E-state index in [1.54, 1.807) is 29.0 Å². The van der Waals surface area contributed by atoms with Crippen LogP contribution in [0, 0.1) is 0 Å². The summed E-state index contributed by atoms with van der Waals surface area (Å²) in [7, 11) is 0. The van der Waals surface area contributed by atoms with Crippen LogP contribution in [0.3, 0.4) is 0 Å². The second-order valence-corrected chi connectivity index (χ2v) is 6.88. The van der Waals surface area contributed by atoms with Gasteiger partial charge < -0.3 is 19.4 Å². The Kier molecular flexibility index (Phi) is 7.05. The molecule has 0 aliphatic carbocycles. The van der Waals surface area contributed by atoms with E-state index in [4.69, 9.17) is 4.74 Å². The molecule has 0 radical (unpaired) electrons. The van der Waals surface area contributed by atoms with Crippen LogP contribution in [0.25, 0.3) is 0 Å². The quantitative estimate of drug-likeness (QED) is 0.751. The summed E-state index contributed by atoms with van der Waals surface area (Å²) in [6, 6.07) is 14.0. The Bertz CT molecular complexity index is 803. The minimum atomic E-state index is -0.319. The molecule has 3 rings (SSSR count). The Morgan fingerprint density at radius 3 is 2.28 bits per heavy atom. The van der Waals surface area contributed by atoms with Crippen LogP contribution < -0.4 is 4.90 Å². The number of rotatable bonds is 6. The number of hydrogen-bond acceptors (Lipinski definition) is 5. The van der Waals surface area contributed by atoms with E-state index in [0.717, 1.165) is 18.8 Å². The van der Waals surface area contributed by atoms with Gasteiger partial charge in [0.05, 0.1) is 18.5 Å². The van der Waals surface area contributed by atoms with E-state index in [9.17, 15) is 9.59 Å². The molecule has 7 nitrogen and oxygen atoms in total. The minimum absolute atomic E-state index is 0.105. The van der Waals surface area contributed by atoms with Crippen molar-refractivity contribution in [2.45, 2.75) is 20.4 Å². The summed E-state index contributed by atoms with van der Waals surface area (Å²) < 4.78 is 5.02. The molecule has 0 N–H and O–H groups in total. The lowest BCUT2D eigenvalue weighted by atomic mass is 10.2. The van der Waals surface area contributed by atoms with Crippen LogP contribution in [-0.2, 0) is 11.3 Å². The third-order valence-electron chi connectivity index (χ3n) is 5.02. The van der Waals surface area contributed by atoms with E-state index in [0.29, 0.717) is 38.5 Å². The van der Waals surface area contributed by atoms with Gasteiger partial charge in [-0.3, -0.25) is 4.79 Å². The molecule has 2 amide bonds. The molecular formula is C22H28N4O3. The SMILES string of the molecule is CCOC(=O)N1CCN(C(=O)c2ccc(N(CC)Cc3ccccc3)cn2)CC1. The van der Waals surface area contributed by atoms with Crippen LogP contribution in [0.2, 0.25) is 0 Å². The molecule has 0 saturated carbocycles. The van der Waals surface area contributed by atoms with Crippen LogP contribution in [0.1, 0.15) is 29.9 Å². The Balaban J connectivity index is 1.59. The van der Waals surface area contributed by atoms with E-state index in [1.165, 1.54) is 5.56 Å². The van der Waals surface area contributed by atoms with Gasteiger partial charge in [-0.1, -0.05) is 30.3 Å². The number of ether oxygens (including phenoxy) is 1. The molecule has 1 aliphatic heterocycles. The van der Waals surface area contributed by atoms with Crippen LogP contribution in [0.5, 0.6) is 0 Å².